The number of para-hydroxylation sites is 1. The molecule has 4 nitrogen and oxygen atoms in total. The fraction of sp³-hybridized carbons (Fsp3) is 0.708. The van der Waals surface area contributed by atoms with Crippen LogP contribution < -0.4 is 10.2 Å². The molecule has 0 unspecified atom stereocenters. The van der Waals surface area contributed by atoms with Crippen LogP contribution in [0.15, 0.2) is 30.3 Å². The maximum atomic E-state index is 12.3. The minimum absolute atomic E-state index is 0.170. The van der Waals surface area contributed by atoms with Crippen LogP contribution in [0.1, 0.15) is 51.4 Å². The lowest BCUT2D eigenvalue weighted by Crippen LogP contribution is -2.60. The molecule has 0 radical (unpaired) electrons. The number of amides is 1. The topological polar surface area (TPSA) is 35.6 Å². The minimum Gasteiger partial charge on any atom is -0.339 e. The average Bonchev–Trinajstić information content (AvgIpc) is 2.99. The number of piperidine rings is 1. The number of anilines is 1. The van der Waals surface area contributed by atoms with Gasteiger partial charge in [0.05, 0.1) is 6.54 Å². The molecular weight excluding hydrogens is 346 g/mol. The first-order valence-electron chi connectivity index (χ1n) is 11.5. The van der Waals surface area contributed by atoms with Crippen LogP contribution in [0.5, 0.6) is 0 Å². The van der Waals surface area contributed by atoms with Crippen LogP contribution in [0.25, 0.3) is 0 Å². The monoisotopic (exact) mass is 379 g/mol. The van der Waals surface area contributed by atoms with Crippen molar-refractivity contribution in [1.82, 2.24) is 10.2 Å². The first-order chi connectivity index (χ1) is 13.6. The number of hydrogen-bond acceptors (Lipinski definition) is 3. The van der Waals surface area contributed by atoms with Gasteiger partial charge in [-0.1, -0.05) is 18.2 Å². The van der Waals surface area contributed by atoms with E-state index in [0.29, 0.717) is 12.0 Å². The van der Waals surface area contributed by atoms with Crippen LogP contribution in [0.2, 0.25) is 0 Å². The number of carbonyl (C=O) groups excluding carboxylic acids is 1. The average molecular weight is 380 g/mol. The lowest BCUT2D eigenvalue weighted by molar-refractivity contribution is -0.119. The standard InChI is InChI=1S/C24H33N3O/c28-22-16-27(21-4-2-1-3-5-21)24(25-22)6-8-26(9-7-24)17-23-13-18-10-19(14-23)12-20(11-18)15-23/h1-5,18-20H,6-17H2,(H,25,28). The van der Waals surface area contributed by atoms with Gasteiger partial charge in [0.25, 0.3) is 0 Å². The Morgan fingerprint density at radius 1 is 0.929 bits per heavy atom. The van der Waals surface area contributed by atoms with Crippen molar-refractivity contribution < 1.29 is 4.79 Å². The number of carbonyl (C=O) groups is 1. The molecule has 6 fully saturated rings. The van der Waals surface area contributed by atoms with E-state index in [1.165, 1.54) is 50.8 Å². The van der Waals surface area contributed by atoms with E-state index in [1.807, 2.05) is 0 Å². The molecule has 1 N–H and O–H groups in total. The van der Waals surface area contributed by atoms with Crippen molar-refractivity contribution >= 4 is 11.6 Å². The highest BCUT2D eigenvalue weighted by molar-refractivity contribution is 5.86. The first kappa shape index (κ1) is 17.3. The summed E-state index contributed by atoms with van der Waals surface area (Å²) < 4.78 is 0. The van der Waals surface area contributed by atoms with E-state index in [0.717, 1.165) is 43.7 Å². The maximum absolute atomic E-state index is 12.3. The number of benzene rings is 1. The zero-order chi connectivity index (χ0) is 18.8. The van der Waals surface area contributed by atoms with E-state index in [9.17, 15) is 4.79 Å². The van der Waals surface area contributed by atoms with E-state index in [1.54, 1.807) is 0 Å². The summed E-state index contributed by atoms with van der Waals surface area (Å²) in [6, 6.07) is 10.5. The normalized spacial score (nSPS) is 38.9. The van der Waals surface area contributed by atoms with Gasteiger partial charge in [0, 0.05) is 38.2 Å². The van der Waals surface area contributed by atoms with Gasteiger partial charge in [-0.05, 0) is 73.8 Å². The predicted molar refractivity (Wildman–Crippen MR) is 111 cm³/mol. The molecule has 4 bridgehead atoms. The fourth-order valence-corrected chi connectivity index (χ4v) is 8.04. The lowest BCUT2D eigenvalue weighted by Gasteiger charge is -2.58. The van der Waals surface area contributed by atoms with Gasteiger partial charge in [0.1, 0.15) is 5.66 Å². The van der Waals surface area contributed by atoms with Gasteiger partial charge in [-0.3, -0.25) is 4.79 Å². The minimum atomic E-state index is -0.170. The molecule has 28 heavy (non-hydrogen) atoms. The Kier molecular flexibility index (Phi) is 3.85. The number of nitrogens with zero attached hydrogens (tertiary/aromatic N) is 2. The zero-order valence-corrected chi connectivity index (χ0v) is 16.9. The zero-order valence-electron chi connectivity index (χ0n) is 16.9. The Bertz CT molecular complexity index is 717. The van der Waals surface area contributed by atoms with Gasteiger partial charge in [0.2, 0.25) is 5.91 Å². The van der Waals surface area contributed by atoms with Gasteiger partial charge in [0.15, 0.2) is 0 Å². The van der Waals surface area contributed by atoms with E-state index >= 15 is 0 Å². The van der Waals surface area contributed by atoms with Crippen LogP contribution in [-0.2, 0) is 4.79 Å². The third-order valence-corrected chi connectivity index (χ3v) is 8.67. The van der Waals surface area contributed by atoms with E-state index in [4.69, 9.17) is 0 Å². The summed E-state index contributed by atoms with van der Waals surface area (Å²) in [7, 11) is 0. The van der Waals surface area contributed by atoms with Crippen molar-refractivity contribution in [3.05, 3.63) is 30.3 Å². The number of hydrogen-bond donors (Lipinski definition) is 1. The molecule has 1 amide bonds. The van der Waals surface area contributed by atoms with Crippen molar-refractivity contribution in [3.8, 4) is 0 Å². The quantitative estimate of drug-likeness (QED) is 0.871. The van der Waals surface area contributed by atoms with E-state index < -0.39 is 0 Å². The Hall–Kier alpha value is -1.55. The molecule has 7 rings (SSSR count). The second-order valence-electron chi connectivity index (χ2n) is 10.7. The highest BCUT2D eigenvalue weighted by Crippen LogP contribution is 2.60. The summed E-state index contributed by atoms with van der Waals surface area (Å²) in [5.41, 5.74) is 1.63. The van der Waals surface area contributed by atoms with Crippen molar-refractivity contribution in [2.45, 2.75) is 57.0 Å². The van der Waals surface area contributed by atoms with Crippen LogP contribution in [0, 0.1) is 23.2 Å². The fourth-order valence-electron chi connectivity index (χ4n) is 8.04. The van der Waals surface area contributed by atoms with Gasteiger partial charge in [-0.25, -0.2) is 0 Å². The molecule has 1 aromatic carbocycles. The van der Waals surface area contributed by atoms with Gasteiger partial charge in [-0.2, -0.15) is 0 Å². The molecule has 2 saturated heterocycles. The number of nitrogens with one attached hydrogen (secondary N) is 1. The lowest BCUT2D eigenvalue weighted by atomic mass is 9.49. The summed E-state index contributed by atoms with van der Waals surface area (Å²) in [6.07, 6.45) is 11.1. The second-order valence-corrected chi connectivity index (χ2v) is 10.7. The van der Waals surface area contributed by atoms with Gasteiger partial charge in [-0.15, -0.1) is 0 Å². The van der Waals surface area contributed by atoms with Crippen LogP contribution in [0.3, 0.4) is 0 Å². The third kappa shape index (κ3) is 2.79. The highest BCUT2D eigenvalue weighted by atomic mass is 16.2. The molecule has 4 aliphatic carbocycles. The molecule has 1 aromatic rings. The Morgan fingerprint density at radius 2 is 1.54 bits per heavy atom. The summed E-state index contributed by atoms with van der Waals surface area (Å²) in [5.74, 6) is 3.28. The molecule has 2 heterocycles. The second kappa shape index (κ2) is 6.22. The molecule has 4 heteroatoms. The van der Waals surface area contributed by atoms with Gasteiger partial charge < -0.3 is 15.1 Å². The molecular formula is C24H33N3O. The Labute approximate surface area is 168 Å². The number of rotatable bonds is 3. The summed E-state index contributed by atoms with van der Waals surface area (Å²) in [6.45, 7) is 4.04. The molecule has 0 aromatic heterocycles. The molecule has 6 aliphatic rings. The van der Waals surface area contributed by atoms with Crippen LogP contribution in [-0.4, -0.2) is 42.6 Å². The van der Waals surface area contributed by atoms with Gasteiger partial charge >= 0.3 is 0 Å². The van der Waals surface area contributed by atoms with E-state index in [2.05, 4.69) is 45.4 Å². The van der Waals surface area contributed by atoms with E-state index in [-0.39, 0.29) is 11.6 Å². The Morgan fingerprint density at radius 3 is 2.14 bits per heavy atom. The van der Waals surface area contributed by atoms with Crippen molar-refractivity contribution in [2.75, 3.05) is 31.1 Å². The predicted octanol–water partition coefficient (Wildman–Crippen LogP) is 3.63. The summed E-state index contributed by atoms with van der Waals surface area (Å²) in [4.78, 5) is 17.4. The van der Waals surface area contributed by atoms with Crippen molar-refractivity contribution in [3.63, 3.8) is 0 Å². The SMILES string of the molecule is O=C1CN(c2ccccc2)C2(CCN(CC34CC5CC(CC(C5)C3)C4)CC2)N1. The smallest absolute Gasteiger partial charge is 0.241 e. The highest BCUT2D eigenvalue weighted by Gasteiger charge is 2.52. The van der Waals surface area contributed by atoms with Crippen molar-refractivity contribution in [1.29, 1.82) is 0 Å². The van der Waals surface area contributed by atoms with Crippen molar-refractivity contribution in [2.24, 2.45) is 23.2 Å². The largest absolute Gasteiger partial charge is 0.339 e. The molecule has 0 atom stereocenters. The molecule has 2 aliphatic heterocycles. The molecule has 150 valence electrons. The van der Waals surface area contributed by atoms with Crippen LogP contribution >= 0.6 is 0 Å². The Balaban J connectivity index is 1.16. The molecule has 4 saturated carbocycles. The maximum Gasteiger partial charge on any atom is 0.241 e. The first-order valence-corrected chi connectivity index (χ1v) is 11.5. The summed E-state index contributed by atoms with van der Waals surface area (Å²) >= 11 is 0. The number of likely N-dealkylation sites (tertiary alicyclic amines) is 1. The van der Waals surface area contributed by atoms with Crippen LogP contribution in [0.4, 0.5) is 5.69 Å². The molecule has 1 spiro atoms. The summed E-state index contributed by atoms with van der Waals surface area (Å²) in [5, 5.41) is 3.36. The third-order valence-electron chi connectivity index (χ3n) is 8.67.